The van der Waals surface area contributed by atoms with Crippen molar-refractivity contribution in [3.8, 4) is 5.75 Å². The quantitative estimate of drug-likeness (QED) is 0.403. The fourth-order valence-corrected chi connectivity index (χ4v) is 5.76. The van der Waals surface area contributed by atoms with Crippen molar-refractivity contribution in [2.45, 2.75) is 50.2 Å². The van der Waals surface area contributed by atoms with E-state index in [-0.39, 0.29) is 36.4 Å². The van der Waals surface area contributed by atoms with Gasteiger partial charge in [-0.05, 0) is 47.7 Å². The summed E-state index contributed by atoms with van der Waals surface area (Å²) in [6, 6.07) is 21.2. The van der Waals surface area contributed by atoms with Gasteiger partial charge in [-0.3, -0.25) is 19.9 Å². The molecule has 1 aliphatic carbocycles. The maximum atomic E-state index is 14.7. The Morgan fingerprint density at radius 3 is 2.62 bits per heavy atom. The van der Waals surface area contributed by atoms with Crippen LogP contribution in [0.15, 0.2) is 72.8 Å². The maximum absolute atomic E-state index is 14.7. The molecule has 0 aromatic heterocycles. The molecule has 3 aromatic carbocycles. The van der Waals surface area contributed by atoms with E-state index in [1.165, 1.54) is 17.0 Å². The average Bonchev–Trinajstić information content (AvgIpc) is 3.75. The van der Waals surface area contributed by atoms with Gasteiger partial charge in [-0.15, -0.1) is 0 Å². The number of benzene rings is 3. The van der Waals surface area contributed by atoms with E-state index in [2.05, 4.69) is 10.6 Å². The largest absolute Gasteiger partial charge is 0.493 e. The van der Waals surface area contributed by atoms with Gasteiger partial charge >= 0.3 is 0 Å². The summed E-state index contributed by atoms with van der Waals surface area (Å²) in [7, 11) is 0. The molecule has 2 aliphatic heterocycles. The fraction of sp³-hybridized carbons (Fsp3) is 0.323. The number of rotatable bonds is 7. The second-order valence-electron chi connectivity index (χ2n) is 10.8. The predicted molar refractivity (Wildman–Crippen MR) is 145 cm³/mol. The molecule has 7 nitrogen and oxygen atoms in total. The van der Waals surface area contributed by atoms with Crippen LogP contribution >= 0.6 is 0 Å². The Kier molecular flexibility index (Phi) is 6.54. The number of fused-ring (bicyclic) bond motifs is 1. The van der Waals surface area contributed by atoms with Crippen molar-refractivity contribution >= 4 is 17.8 Å². The summed E-state index contributed by atoms with van der Waals surface area (Å²) < 4.78 is 20.4. The first kappa shape index (κ1) is 25.1. The first-order valence-electron chi connectivity index (χ1n) is 13.4. The van der Waals surface area contributed by atoms with E-state index in [9.17, 15) is 14.0 Å². The Balaban J connectivity index is 1.19. The molecule has 0 spiro atoms. The molecule has 1 saturated heterocycles. The van der Waals surface area contributed by atoms with Gasteiger partial charge in [0.05, 0.1) is 31.2 Å². The molecule has 200 valence electrons. The third kappa shape index (κ3) is 5.24. The number of amides is 2. The number of carbonyl (C=O) groups excluding carboxylic acids is 2. The predicted octanol–water partition coefficient (Wildman–Crippen LogP) is 5.03. The van der Waals surface area contributed by atoms with Crippen molar-refractivity contribution < 1.29 is 18.7 Å². The van der Waals surface area contributed by atoms with Crippen LogP contribution in [0.4, 0.5) is 4.39 Å². The number of nitrogens with one attached hydrogen (secondary N) is 3. The number of halogens is 1. The molecule has 2 atom stereocenters. The first-order valence-corrected chi connectivity index (χ1v) is 13.4. The van der Waals surface area contributed by atoms with Crippen molar-refractivity contribution in [1.29, 1.82) is 5.41 Å². The number of para-hydroxylation sites is 1. The van der Waals surface area contributed by atoms with E-state index in [0.29, 0.717) is 24.5 Å². The molecule has 8 heteroatoms. The third-order valence-electron chi connectivity index (χ3n) is 7.87. The molecule has 6 rings (SSSR count). The average molecular weight is 527 g/mol. The van der Waals surface area contributed by atoms with Crippen LogP contribution in [0.25, 0.3) is 0 Å². The van der Waals surface area contributed by atoms with Gasteiger partial charge in [-0.2, -0.15) is 0 Å². The van der Waals surface area contributed by atoms with Gasteiger partial charge in [0.1, 0.15) is 11.6 Å². The van der Waals surface area contributed by atoms with Crippen LogP contribution in [0, 0.1) is 17.1 Å². The zero-order chi connectivity index (χ0) is 27.0. The summed E-state index contributed by atoms with van der Waals surface area (Å²) in [6.07, 6.45) is 3.88. The summed E-state index contributed by atoms with van der Waals surface area (Å²) in [6.45, 7) is 0.477. The van der Waals surface area contributed by atoms with Crippen molar-refractivity contribution in [3.63, 3.8) is 0 Å². The van der Waals surface area contributed by atoms with Crippen LogP contribution in [0.3, 0.4) is 0 Å². The highest BCUT2D eigenvalue weighted by Crippen LogP contribution is 2.44. The van der Waals surface area contributed by atoms with Crippen LogP contribution in [0.1, 0.15) is 65.2 Å². The Labute approximate surface area is 226 Å². The zero-order valence-corrected chi connectivity index (χ0v) is 21.6. The molecule has 2 amide bonds. The molecule has 2 heterocycles. The van der Waals surface area contributed by atoms with Gasteiger partial charge in [0.2, 0.25) is 5.91 Å². The Hall–Kier alpha value is -4.20. The van der Waals surface area contributed by atoms with Crippen molar-refractivity contribution in [1.82, 2.24) is 15.5 Å². The van der Waals surface area contributed by atoms with Gasteiger partial charge in [0.15, 0.2) is 5.96 Å². The molecule has 3 aromatic rings. The molecule has 3 N–H and O–H groups in total. The van der Waals surface area contributed by atoms with Crippen LogP contribution in [0.2, 0.25) is 0 Å². The second kappa shape index (κ2) is 10.2. The summed E-state index contributed by atoms with van der Waals surface area (Å²) in [5, 5.41) is 15.1. The van der Waals surface area contributed by atoms with Gasteiger partial charge in [-0.1, -0.05) is 61.4 Å². The molecule has 2 fully saturated rings. The van der Waals surface area contributed by atoms with Crippen LogP contribution in [0.5, 0.6) is 5.75 Å². The minimum absolute atomic E-state index is 0.00287. The van der Waals surface area contributed by atoms with Crippen molar-refractivity contribution in [2.24, 2.45) is 5.92 Å². The summed E-state index contributed by atoms with van der Waals surface area (Å²) >= 11 is 0. The molecule has 0 bridgehead atoms. The van der Waals surface area contributed by atoms with Crippen LogP contribution in [-0.2, 0) is 16.9 Å². The van der Waals surface area contributed by atoms with Crippen LogP contribution in [-0.4, -0.2) is 29.3 Å². The summed E-state index contributed by atoms with van der Waals surface area (Å²) in [5.74, 6) is 0.0976. The lowest BCUT2D eigenvalue weighted by atomic mass is 9.80. The van der Waals surface area contributed by atoms with Crippen molar-refractivity contribution in [2.75, 3.05) is 6.61 Å². The number of ether oxygens (including phenoxy) is 1. The van der Waals surface area contributed by atoms with E-state index in [4.69, 9.17) is 10.1 Å². The lowest BCUT2D eigenvalue weighted by Crippen LogP contribution is -2.60. The zero-order valence-electron chi connectivity index (χ0n) is 21.6. The lowest BCUT2D eigenvalue weighted by molar-refractivity contribution is -0.131. The number of nitrogens with zero attached hydrogens (tertiary/aromatic N) is 1. The molecule has 0 unspecified atom stereocenters. The normalized spacial score (nSPS) is 22.5. The molecular formula is C31H31FN4O3. The highest BCUT2D eigenvalue weighted by Gasteiger charge is 2.45. The first-order chi connectivity index (χ1) is 18.9. The van der Waals surface area contributed by atoms with Crippen LogP contribution < -0.4 is 15.4 Å². The monoisotopic (exact) mass is 526 g/mol. The minimum atomic E-state index is -0.625. The number of hydrogen-bond acceptors (Lipinski definition) is 4. The Morgan fingerprint density at radius 1 is 1.08 bits per heavy atom. The van der Waals surface area contributed by atoms with E-state index in [0.717, 1.165) is 36.1 Å². The second-order valence-corrected chi connectivity index (χ2v) is 10.8. The molecule has 3 aliphatic rings. The smallest absolute Gasteiger partial charge is 0.251 e. The van der Waals surface area contributed by atoms with E-state index in [1.54, 1.807) is 6.07 Å². The maximum Gasteiger partial charge on any atom is 0.251 e. The molecule has 0 radical (unpaired) electrons. The van der Waals surface area contributed by atoms with Gasteiger partial charge < -0.3 is 15.4 Å². The highest BCUT2D eigenvalue weighted by atomic mass is 19.1. The number of carbonyl (C=O) groups is 2. The van der Waals surface area contributed by atoms with Crippen molar-refractivity contribution in [3.05, 3.63) is 101 Å². The molecular weight excluding hydrogens is 495 g/mol. The molecule has 39 heavy (non-hydrogen) atoms. The lowest BCUT2D eigenvalue weighted by Gasteiger charge is -2.43. The summed E-state index contributed by atoms with van der Waals surface area (Å²) in [5.41, 5.74) is 1.88. The minimum Gasteiger partial charge on any atom is -0.493 e. The standard InChI is InChI=1S/C31H31FN4O3/c32-24-15-21(14-22(16-24)29(38)34-26-12-13-39-27-9-5-4-8-25(26)27)19-36-28(37)18-31(35-30(36)33,17-20-10-11-20)23-6-2-1-3-7-23/h1-9,14-16,20,26H,10-13,17-19H2,(H2,33,35)(H,34,38)/t26-,31-/m1/s1. The Bertz CT molecular complexity index is 1400. The SMILES string of the molecule is N=C1N[C@@](CC2CC2)(c2ccccc2)CC(=O)N1Cc1cc(F)cc(C(=O)N[C@@H]2CCOc3ccccc32)c1. The fourth-order valence-electron chi connectivity index (χ4n) is 5.76. The van der Waals surface area contributed by atoms with Gasteiger partial charge in [0, 0.05) is 17.5 Å². The van der Waals surface area contributed by atoms with E-state index < -0.39 is 17.3 Å². The van der Waals surface area contributed by atoms with E-state index in [1.807, 2.05) is 54.6 Å². The summed E-state index contributed by atoms with van der Waals surface area (Å²) in [4.78, 5) is 27.9. The number of hydrogen-bond donors (Lipinski definition) is 3. The van der Waals surface area contributed by atoms with Gasteiger partial charge in [-0.25, -0.2) is 4.39 Å². The highest BCUT2D eigenvalue weighted by molar-refractivity contribution is 5.99. The van der Waals surface area contributed by atoms with E-state index >= 15 is 0 Å². The molecule has 1 saturated carbocycles. The topological polar surface area (TPSA) is 94.5 Å². The van der Waals surface area contributed by atoms with Gasteiger partial charge in [0.25, 0.3) is 5.91 Å². The number of guanidine groups is 1. The Morgan fingerprint density at radius 2 is 1.85 bits per heavy atom. The third-order valence-corrected chi connectivity index (χ3v) is 7.87.